The van der Waals surface area contributed by atoms with Gasteiger partial charge in [-0.1, -0.05) is 19.1 Å². The van der Waals surface area contributed by atoms with Crippen molar-refractivity contribution in [3.63, 3.8) is 0 Å². The van der Waals surface area contributed by atoms with Crippen molar-refractivity contribution in [1.29, 1.82) is 0 Å². The standard InChI is InChI=1S/C25H42N6O/c1-5-26-25(28-22-12-14-30(15-13-22)19-24(32)29(3)4)27-18-21-6-8-23(9-7-21)31-16-10-20(2)11-17-31/h6-9,20,22H,5,10-19H2,1-4H3,(H2,26,27,28). The third-order valence-corrected chi connectivity index (χ3v) is 6.64. The van der Waals surface area contributed by atoms with Gasteiger partial charge in [0.2, 0.25) is 5.91 Å². The summed E-state index contributed by atoms with van der Waals surface area (Å²) < 4.78 is 0. The Bertz CT molecular complexity index is 731. The number of carbonyl (C=O) groups excluding carboxylic acids is 1. The molecule has 3 rings (SSSR count). The molecule has 0 bridgehead atoms. The fourth-order valence-corrected chi connectivity index (χ4v) is 4.33. The van der Waals surface area contributed by atoms with Crippen LogP contribution in [-0.4, -0.2) is 81.1 Å². The summed E-state index contributed by atoms with van der Waals surface area (Å²) in [4.78, 5) is 23.2. The highest BCUT2D eigenvalue weighted by Gasteiger charge is 2.22. The zero-order chi connectivity index (χ0) is 22.9. The van der Waals surface area contributed by atoms with Crippen LogP contribution in [0.1, 0.15) is 45.1 Å². The molecule has 32 heavy (non-hydrogen) atoms. The number of nitrogens with zero attached hydrogens (tertiary/aromatic N) is 4. The molecular formula is C25H42N6O. The first-order chi connectivity index (χ1) is 15.4. The molecule has 0 radical (unpaired) electrons. The molecule has 0 atom stereocenters. The molecule has 0 aromatic heterocycles. The fraction of sp³-hybridized carbons (Fsp3) is 0.680. The van der Waals surface area contributed by atoms with Crippen LogP contribution in [0.5, 0.6) is 0 Å². The molecule has 2 heterocycles. The number of likely N-dealkylation sites (tertiary alicyclic amines) is 1. The second-order valence-corrected chi connectivity index (χ2v) is 9.51. The topological polar surface area (TPSA) is 63.2 Å². The number of benzene rings is 1. The fourth-order valence-electron chi connectivity index (χ4n) is 4.33. The Morgan fingerprint density at radius 3 is 2.31 bits per heavy atom. The average Bonchev–Trinajstić information content (AvgIpc) is 2.80. The van der Waals surface area contributed by atoms with Gasteiger partial charge in [0.1, 0.15) is 0 Å². The van der Waals surface area contributed by atoms with Crippen molar-refractivity contribution >= 4 is 17.6 Å². The Morgan fingerprint density at radius 2 is 1.72 bits per heavy atom. The molecule has 1 aromatic rings. The number of nitrogens with one attached hydrogen (secondary N) is 2. The van der Waals surface area contributed by atoms with E-state index >= 15 is 0 Å². The maximum absolute atomic E-state index is 11.9. The number of likely N-dealkylation sites (N-methyl/N-ethyl adjacent to an activating group) is 1. The molecule has 2 aliphatic rings. The number of aliphatic imine (C=N–C) groups is 1. The number of anilines is 1. The molecule has 1 aromatic carbocycles. The van der Waals surface area contributed by atoms with E-state index in [1.54, 1.807) is 4.90 Å². The van der Waals surface area contributed by atoms with Gasteiger partial charge in [0.25, 0.3) is 0 Å². The Morgan fingerprint density at radius 1 is 1.06 bits per heavy atom. The predicted molar refractivity (Wildman–Crippen MR) is 133 cm³/mol. The first-order valence-corrected chi connectivity index (χ1v) is 12.3. The maximum atomic E-state index is 11.9. The van der Waals surface area contributed by atoms with Gasteiger partial charge in [-0.15, -0.1) is 0 Å². The molecule has 7 nitrogen and oxygen atoms in total. The van der Waals surface area contributed by atoms with Crippen LogP contribution in [0.15, 0.2) is 29.3 Å². The van der Waals surface area contributed by atoms with E-state index in [1.807, 2.05) is 14.1 Å². The van der Waals surface area contributed by atoms with E-state index < -0.39 is 0 Å². The van der Waals surface area contributed by atoms with Crippen LogP contribution in [-0.2, 0) is 11.3 Å². The first kappa shape index (κ1) is 24.4. The van der Waals surface area contributed by atoms with E-state index in [0.29, 0.717) is 19.1 Å². The number of carbonyl (C=O) groups is 1. The summed E-state index contributed by atoms with van der Waals surface area (Å²) in [6.45, 7) is 10.7. The molecule has 2 aliphatic heterocycles. The van der Waals surface area contributed by atoms with Crippen molar-refractivity contribution < 1.29 is 4.79 Å². The van der Waals surface area contributed by atoms with Crippen LogP contribution < -0.4 is 15.5 Å². The highest BCUT2D eigenvalue weighted by atomic mass is 16.2. The summed E-state index contributed by atoms with van der Waals surface area (Å²) in [5.74, 6) is 1.90. The average molecular weight is 443 g/mol. The Balaban J connectivity index is 1.48. The van der Waals surface area contributed by atoms with Crippen LogP contribution in [0.25, 0.3) is 0 Å². The number of guanidine groups is 1. The minimum atomic E-state index is 0.173. The minimum absolute atomic E-state index is 0.173. The largest absolute Gasteiger partial charge is 0.372 e. The third-order valence-electron chi connectivity index (χ3n) is 6.64. The van der Waals surface area contributed by atoms with Gasteiger partial charge < -0.3 is 20.4 Å². The van der Waals surface area contributed by atoms with Gasteiger partial charge >= 0.3 is 0 Å². The molecule has 0 spiro atoms. The van der Waals surface area contributed by atoms with Crippen LogP contribution in [0, 0.1) is 5.92 Å². The second-order valence-electron chi connectivity index (χ2n) is 9.51. The van der Waals surface area contributed by atoms with Gasteiger partial charge in [0.05, 0.1) is 13.1 Å². The Kier molecular flexibility index (Phi) is 9.21. The predicted octanol–water partition coefficient (Wildman–Crippen LogP) is 2.53. The highest BCUT2D eigenvalue weighted by molar-refractivity contribution is 5.80. The van der Waals surface area contributed by atoms with Crippen LogP contribution >= 0.6 is 0 Å². The first-order valence-electron chi connectivity index (χ1n) is 12.3. The quantitative estimate of drug-likeness (QED) is 0.502. The zero-order valence-electron chi connectivity index (χ0n) is 20.4. The monoisotopic (exact) mass is 442 g/mol. The lowest BCUT2D eigenvalue weighted by atomic mass is 9.99. The van der Waals surface area contributed by atoms with Gasteiger partial charge in [0.15, 0.2) is 5.96 Å². The maximum Gasteiger partial charge on any atom is 0.236 e. The highest BCUT2D eigenvalue weighted by Crippen LogP contribution is 2.23. The van der Waals surface area contributed by atoms with Gasteiger partial charge in [-0.2, -0.15) is 0 Å². The van der Waals surface area contributed by atoms with Crippen LogP contribution in [0.2, 0.25) is 0 Å². The summed E-state index contributed by atoms with van der Waals surface area (Å²) in [5, 5.41) is 6.98. The summed E-state index contributed by atoms with van der Waals surface area (Å²) in [7, 11) is 3.63. The zero-order valence-corrected chi connectivity index (χ0v) is 20.4. The minimum Gasteiger partial charge on any atom is -0.372 e. The molecule has 2 fully saturated rings. The normalized spacial score (nSPS) is 19.1. The molecule has 2 saturated heterocycles. The van der Waals surface area contributed by atoms with Crippen molar-refractivity contribution in [2.45, 2.75) is 52.1 Å². The number of hydrogen-bond donors (Lipinski definition) is 2. The molecule has 1 amide bonds. The number of rotatable bonds is 7. The van der Waals surface area contributed by atoms with Crippen LogP contribution in [0.3, 0.4) is 0 Å². The summed E-state index contributed by atoms with van der Waals surface area (Å²) >= 11 is 0. The van der Waals surface area contributed by atoms with E-state index in [4.69, 9.17) is 4.99 Å². The molecule has 0 aliphatic carbocycles. The van der Waals surface area contributed by atoms with Crippen molar-refractivity contribution in [2.24, 2.45) is 10.9 Å². The molecule has 2 N–H and O–H groups in total. The van der Waals surface area contributed by atoms with E-state index in [0.717, 1.165) is 57.4 Å². The molecule has 178 valence electrons. The Hall–Kier alpha value is -2.28. The molecule has 0 saturated carbocycles. The van der Waals surface area contributed by atoms with Gasteiger partial charge in [0, 0.05) is 58.5 Å². The smallest absolute Gasteiger partial charge is 0.236 e. The molecule has 0 unspecified atom stereocenters. The van der Waals surface area contributed by atoms with Crippen molar-refractivity contribution in [3.8, 4) is 0 Å². The van der Waals surface area contributed by atoms with Crippen LogP contribution in [0.4, 0.5) is 5.69 Å². The van der Waals surface area contributed by atoms with E-state index in [-0.39, 0.29) is 5.91 Å². The van der Waals surface area contributed by atoms with Crippen molar-refractivity contribution in [3.05, 3.63) is 29.8 Å². The van der Waals surface area contributed by atoms with E-state index in [9.17, 15) is 4.79 Å². The van der Waals surface area contributed by atoms with Crippen molar-refractivity contribution in [2.75, 3.05) is 58.3 Å². The lowest BCUT2D eigenvalue weighted by Crippen LogP contribution is -2.50. The lowest BCUT2D eigenvalue weighted by Gasteiger charge is -2.33. The summed E-state index contributed by atoms with van der Waals surface area (Å²) in [5.41, 5.74) is 2.56. The third kappa shape index (κ3) is 7.40. The second kappa shape index (κ2) is 12.1. The van der Waals surface area contributed by atoms with E-state index in [2.05, 4.69) is 58.5 Å². The van der Waals surface area contributed by atoms with Crippen molar-refractivity contribution in [1.82, 2.24) is 20.4 Å². The lowest BCUT2D eigenvalue weighted by molar-refractivity contribution is -0.130. The van der Waals surface area contributed by atoms with E-state index in [1.165, 1.54) is 24.1 Å². The summed E-state index contributed by atoms with van der Waals surface area (Å²) in [6, 6.07) is 9.29. The van der Waals surface area contributed by atoms with Gasteiger partial charge in [-0.3, -0.25) is 9.69 Å². The van der Waals surface area contributed by atoms with Gasteiger partial charge in [-0.25, -0.2) is 4.99 Å². The SMILES string of the molecule is CCNC(=NCc1ccc(N2CCC(C)CC2)cc1)NC1CCN(CC(=O)N(C)C)CC1. The number of hydrogen-bond acceptors (Lipinski definition) is 4. The summed E-state index contributed by atoms with van der Waals surface area (Å²) in [6.07, 6.45) is 4.62. The number of amides is 1. The molecule has 7 heteroatoms. The molecular weight excluding hydrogens is 400 g/mol. The van der Waals surface area contributed by atoms with Gasteiger partial charge in [-0.05, 0) is 56.2 Å². The Labute approximate surface area is 194 Å². The number of piperidine rings is 2.